The molecule has 1 amide bonds. The summed E-state index contributed by atoms with van der Waals surface area (Å²) in [6.45, 7) is 4.67. The van der Waals surface area contributed by atoms with Crippen LogP contribution in [-0.2, 0) is 21.4 Å². The maximum atomic E-state index is 12.6. The Kier molecular flexibility index (Phi) is 6.61. The highest BCUT2D eigenvalue weighted by atomic mass is 32.2. The minimum absolute atomic E-state index is 0.0477. The van der Waals surface area contributed by atoms with Crippen LogP contribution in [0.3, 0.4) is 0 Å². The highest BCUT2D eigenvalue weighted by Gasteiger charge is 2.17. The normalized spacial score (nSPS) is 11.4. The maximum absolute atomic E-state index is 12.6. The van der Waals surface area contributed by atoms with Crippen LogP contribution in [0.1, 0.15) is 11.3 Å². The second-order valence-corrected chi connectivity index (χ2v) is 9.10. The molecule has 0 spiro atoms. The summed E-state index contributed by atoms with van der Waals surface area (Å²) in [7, 11) is -3.67. The van der Waals surface area contributed by atoms with Crippen LogP contribution in [0.5, 0.6) is 0 Å². The minimum Gasteiger partial charge on any atom is -0.334 e. The Morgan fingerprint density at radius 3 is 2.61 bits per heavy atom. The van der Waals surface area contributed by atoms with Gasteiger partial charge < -0.3 is 4.90 Å². The van der Waals surface area contributed by atoms with E-state index in [9.17, 15) is 13.2 Å². The lowest BCUT2D eigenvalue weighted by Crippen LogP contribution is -2.34. The van der Waals surface area contributed by atoms with Gasteiger partial charge in [0.2, 0.25) is 15.9 Å². The smallest absolute Gasteiger partial charge is 0.240 e. The predicted molar refractivity (Wildman–Crippen MR) is 114 cm³/mol. The van der Waals surface area contributed by atoms with E-state index in [1.54, 1.807) is 40.5 Å². The number of carbonyl (C=O) groups is 1. The van der Waals surface area contributed by atoms with Crippen LogP contribution in [0.4, 0.5) is 0 Å². The molecular weight excluding hydrogens is 392 g/mol. The van der Waals surface area contributed by atoms with Gasteiger partial charge in [0.1, 0.15) is 0 Å². The van der Waals surface area contributed by atoms with Gasteiger partial charge in [-0.25, -0.2) is 13.1 Å². The van der Waals surface area contributed by atoms with E-state index in [0.29, 0.717) is 13.1 Å². The molecule has 1 heterocycles. The minimum atomic E-state index is -3.67. The summed E-state index contributed by atoms with van der Waals surface area (Å²) in [5.74, 6) is -0.116. The molecule has 0 fully saturated rings. The van der Waals surface area contributed by atoms with E-state index < -0.39 is 10.0 Å². The van der Waals surface area contributed by atoms with E-state index in [4.69, 9.17) is 0 Å². The molecule has 3 aromatic rings. The molecule has 0 aliphatic rings. The topological polar surface area (TPSA) is 66.5 Å². The number of benzene rings is 2. The SMILES string of the molecule is C=CCN(Cc1cccs1)C(=O)CCNS(=O)(=O)c1ccc2ccccc2c1. The molecule has 0 aliphatic heterocycles. The first-order valence-corrected chi connectivity index (χ1v) is 11.3. The fourth-order valence-electron chi connectivity index (χ4n) is 2.87. The summed E-state index contributed by atoms with van der Waals surface area (Å²) in [4.78, 5) is 15.4. The summed E-state index contributed by atoms with van der Waals surface area (Å²) < 4.78 is 27.6. The van der Waals surface area contributed by atoms with E-state index in [1.807, 2.05) is 41.8 Å². The summed E-state index contributed by atoms with van der Waals surface area (Å²) >= 11 is 1.58. The van der Waals surface area contributed by atoms with Gasteiger partial charge >= 0.3 is 0 Å². The van der Waals surface area contributed by atoms with Gasteiger partial charge in [-0.3, -0.25) is 4.79 Å². The molecule has 0 saturated heterocycles. The average Bonchev–Trinajstić information content (AvgIpc) is 3.20. The van der Waals surface area contributed by atoms with Crippen molar-refractivity contribution in [3.05, 3.63) is 77.5 Å². The lowest BCUT2D eigenvalue weighted by atomic mass is 10.1. The zero-order chi connectivity index (χ0) is 20.0. The highest BCUT2D eigenvalue weighted by molar-refractivity contribution is 7.89. The van der Waals surface area contributed by atoms with E-state index in [2.05, 4.69) is 11.3 Å². The number of fused-ring (bicyclic) bond motifs is 1. The van der Waals surface area contributed by atoms with Crippen molar-refractivity contribution in [1.29, 1.82) is 0 Å². The number of thiophene rings is 1. The average molecular weight is 415 g/mol. The Balaban J connectivity index is 1.61. The number of nitrogens with zero attached hydrogens (tertiary/aromatic N) is 1. The van der Waals surface area contributed by atoms with Crippen molar-refractivity contribution in [3.8, 4) is 0 Å². The number of rotatable bonds is 9. The summed E-state index contributed by atoms with van der Waals surface area (Å²) in [5.41, 5.74) is 0. The van der Waals surface area contributed by atoms with Gasteiger partial charge in [-0.2, -0.15) is 0 Å². The molecule has 0 bridgehead atoms. The molecule has 0 radical (unpaired) electrons. The molecule has 0 unspecified atom stereocenters. The van der Waals surface area contributed by atoms with Gasteiger partial charge in [0, 0.05) is 24.4 Å². The second kappa shape index (κ2) is 9.14. The Labute approximate surface area is 169 Å². The van der Waals surface area contributed by atoms with Crippen molar-refractivity contribution >= 4 is 38.0 Å². The molecule has 1 N–H and O–H groups in total. The highest BCUT2D eigenvalue weighted by Crippen LogP contribution is 2.19. The van der Waals surface area contributed by atoms with Crippen molar-refractivity contribution in [1.82, 2.24) is 9.62 Å². The van der Waals surface area contributed by atoms with Crippen LogP contribution in [0.2, 0.25) is 0 Å². The molecule has 28 heavy (non-hydrogen) atoms. The number of amides is 1. The first-order chi connectivity index (χ1) is 13.5. The quantitative estimate of drug-likeness (QED) is 0.542. The summed E-state index contributed by atoms with van der Waals surface area (Å²) in [6.07, 6.45) is 1.76. The lowest BCUT2D eigenvalue weighted by molar-refractivity contribution is -0.131. The summed E-state index contributed by atoms with van der Waals surface area (Å²) in [6, 6.07) is 16.5. The number of hydrogen-bond donors (Lipinski definition) is 1. The molecule has 146 valence electrons. The Hall–Kier alpha value is -2.48. The van der Waals surface area contributed by atoms with Gasteiger partial charge in [-0.15, -0.1) is 17.9 Å². The van der Waals surface area contributed by atoms with Gasteiger partial charge in [-0.1, -0.05) is 42.5 Å². The molecule has 0 saturated carbocycles. The van der Waals surface area contributed by atoms with Crippen LogP contribution >= 0.6 is 11.3 Å². The van der Waals surface area contributed by atoms with Crippen molar-refractivity contribution in [2.45, 2.75) is 17.9 Å². The van der Waals surface area contributed by atoms with E-state index in [0.717, 1.165) is 15.6 Å². The number of sulfonamides is 1. The van der Waals surface area contributed by atoms with Crippen LogP contribution in [0.15, 0.2) is 77.5 Å². The van der Waals surface area contributed by atoms with Gasteiger partial charge in [0.25, 0.3) is 0 Å². The van der Waals surface area contributed by atoms with Gasteiger partial charge in [0.15, 0.2) is 0 Å². The third-order valence-corrected chi connectivity index (χ3v) is 6.61. The standard InChI is InChI=1S/C21H22N2O3S2/c1-2-13-23(16-19-8-5-14-27-19)21(24)11-12-22-28(25,26)20-10-9-17-6-3-4-7-18(17)15-20/h2-10,14-15,22H,1,11-13,16H2. The van der Waals surface area contributed by atoms with Crippen molar-refractivity contribution in [2.24, 2.45) is 0 Å². The molecule has 0 atom stereocenters. The van der Waals surface area contributed by atoms with E-state index >= 15 is 0 Å². The van der Waals surface area contributed by atoms with Crippen LogP contribution < -0.4 is 4.72 Å². The fraction of sp³-hybridized carbons (Fsp3) is 0.190. The van der Waals surface area contributed by atoms with Crippen LogP contribution in [-0.4, -0.2) is 32.3 Å². The largest absolute Gasteiger partial charge is 0.334 e. The Bertz CT molecular complexity index is 1060. The van der Waals surface area contributed by atoms with Crippen molar-refractivity contribution < 1.29 is 13.2 Å². The zero-order valence-corrected chi connectivity index (χ0v) is 17.0. The molecule has 0 aliphatic carbocycles. The first-order valence-electron chi connectivity index (χ1n) is 8.89. The molecular formula is C21H22N2O3S2. The van der Waals surface area contributed by atoms with Crippen molar-refractivity contribution in [3.63, 3.8) is 0 Å². The van der Waals surface area contributed by atoms with Crippen LogP contribution in [0.25, 0.3) is 10.8 Å². The molecule has 2 aromatic carbocycles. The Morgan fingerprint density at radius 1 is 1.11 bits per heavy atom. The second-order valence-electron chi connectivity index (χ2n) is 6.30. The monoisotopic (exact) mass is 414 g/mol. The zero-order valence-electron chi connectivity index (χ0n) is 15.4. The van der Waals surface area contributed by atoms with Crippen molar-refractivity contribution in [2.75, 3.05) is 13.1 Å². The van der Waals surface area contributed by atoms with E-state index in [1.165, 1.54) is 0 Å². The molecule has 3 rings (SSSR count). The predicted octanol–water partition coefficient (Wildman–Crippen LogP) is 3.78. The summed E-state index contributed by atoms with van der Waals surface area (Å²) in [5, 5.41) is 3.80. The number of carbonyl (C=O) groups excluding carboxylic acids is 1. The number of hydrogen-bond acceptors (Lipinski definition) is 4. The molecule has 7 heteroatoms. The molecule has 5 nitrogen and oxygen atoms in total. The third-order valence-electron chi connectivity index (χ3n) is 4.29. The first kappa shape index (κ1) is 20.3. The fourth-order valence-corrected chi connectivity index (χ4v) is 4.66. The van der Waals surface area contributed by atoms with Gasteiger partial charge in [0.05, 0.1) is 11.4 Å². The Morgan fingerprint density at radius 2 is 1.89 bits per heavy atom. The molecule has 1 aromatic heterocycles. The number of nitrogens with one attached hydrogen (secondary N) is 1. The van der Waals surface area contributed by atoms with Crippen LogP contribution in [0, 0.1) is 0 Å². The lowest BCUT2D eigenvalue weighted by Gasteiger charge is -2.20. The van der Waals surface area contributed by atoms with E-state index in [-0.39, 0.29) is 23.8 Å². The third kappa shape index (κ3) is 5.07. The maximum Gasteiger partial charge on any atom is 0.240 e. The van der Waals surface area contributed by atoms with Gasteiger partial charge in [-0.05, 0) is 34.4 Å².